The number of carbonyl (C=O) groups excluding carboxylic acids is 1. The van der Waals surface area contributed by atoms with Gasteiger partial charge in [0.2, 0.25) is 5.91 Å². The zero-order valence-electron chi connectivity index (χ0n) is 7.17. The minimum absolute atomic E-state index is 0.0183. The molecule has 0 radical (unpaired) electrons. The summed E-state index contributed by atoms with van der Waals surface area (Å²) in [6, 6.07) is 3.54. The maximum absolute atomic E-state index is 10.9. The Morgan fingerprint density at radius 3 is 2.92 bits per heavy atom. The molecule has 4 nitrogen and oxygen atoms in total. The summed E-state index contributed by atoms with van der Waals surface area (Å²) < 4.78 is 0.746. The van der Waals surface area contributed by atoms with E-state index in [9.17, 15) is 4.79 Å². The third-order valence-electron chi connectivity index (χ3n) is 1.51. The van der Waals surface area contributed by atoms with Gasteiger partial charge >= 0.3 is 0 Å². The van der Waals surface area contributed by atoms with Crippen LogP contribution in [0.2, 0.25) is 0 Å². The fourth-order valence-corrected chi connectivity index (χ4v) is 1.26. The van der Waals surface area contributed by atoms with Crippen LogP contribution < -0.4 is 11.1 Å². The van der Waals surface area contributed by atoms with E-state index in [2.05, 4.69) is 26.2 Å². The molecule has 0 atom stereocenters. The Kier molecular flexibility index (Phi) is 3.39. The highest BCUT2D eigenvalue weighted by molar-refractivity contribution is 9.10. The van der Waals surface area contributed by atoms with E-state index in [0.29, 0.717) is 5.69 Å². The summed E-state index contributed by atoms with van der Waals surface area (Å²) in [7, 11) is 0. The largest absolute Gasteiger partial charge is 0.323 e. The SMILES string of the molecule is Cc1nc(Br)ccc1NC(=O)CN. The van der Waals surface area contributed by atoms with Crippen molar-refractivity contribution in [3.63, 3.8) is 0 Å². The minimum atomic E-state index is -0.216. The van der Waals surface area contributed by atoms with Gasteiger partial charge in [-0.05, 0) is 35.0 Å². The van der Waals surface area contributed by atoms with Gasteiger partial charge in [-0.15, -0.1) is 0 Å². The fourth-order valence-electron chi connectivity index (χ4n) is 0.864. The second-order valence-electron chi connectivity index (χ2n) is 2.52. The van der Waals surface area contributed by atoms with Crippen LogP contribution in [0.1, 0.15) is 5.69 Å². The van der Waals surface area contributed by atoms with Crippen LogP contribution in [-0.2, 0) is 4.79 Å². The molecule has 70 valence electrons. The second kappa shape index (κ2) is 4.34. The van der Waals surface area contributed by atoms with Gasteiger partial charge in [-0.3, -0.25) is 4.79 Å². The van der Waals surface area contributed by atoms with Crippen molar-refractivity contribution in [2.45, 2.75) is 6.92 Å². The molecule has 0 unspecified atom stereocenters. The predicted octanol–water partition coefficient (Wildman–Crippen LogP) is 1.05. The number of rotatable bonds is 2. The van der Waals surface area contributed by atoms with Gasteiger partial charge in [0.05, 0.1) is 17.9 Å². The Morgan fingerprint density at radius 2 is 2.38 bits per heavy atom. The van der Waals surface area contributed by atoms with E-state index >= 15 is 0 Å². The Bertz CT molecular complexity index is 327. The summed E-state index contributed by atoms with van der Waals surface area (Å²) in [6.45, 7) is 1.80. The number of pyridine rings is 1. The first kappa shape index (κ1) is 10.1. The average molecular weight is 244 g/mol. The van der Waals surface area contributed by atoms with Crippen LogP contribution >= 0.6 is 15.9 Å². The van der Waals surface area contributed by atoms with Gasteiger partial charge in [0.1, 0.15) is 4.60 Å². The molecular formula is C8H10BrN3O. The topological polar surface area (TPSA) is 68.0 Å². The van der Waals surface area contributed by atoms with Crippen molar-refractivity contribution >= 4 is 27.5 Å². The smallest absolute Gasteiger partial charge is 0.238 e. The highest BCUT2D eigenvalue weighted by Gasteiger charge is 2.03. The average Bonchev–Trinajstić information content (AvgIpc) is 2.09. The lowest BCUT2D eigenvalue weighted by molar-refractivity contribution is -0.114. The molecule has 1 aromatic heterocycles. The highest BCUT2D eigenvalue weighted by atomic mass is 79.9. The quantitative estimate of drug-likeness (QED) is 0.764. The summed E-state index contributed by atoms with van der Waals surface area (Å²) in [6.07, 6.45) is 0. The van der Waals surface area contributed by atoms with Crippen molar-refractivity contribution in [1.29, 1.82) is 0 Å². The van der Waals surface area contributed by atoms with E-state index in [1.54, 1.807) is 12.1 Å². The standard InChI is InChI=1S/C8H10BrN3O/c1-5-6(12-8(13)4-10)2-3-7(9)11-5/h2-3H,4,10H2,1H3,(H,12,13). The van der Waals surface area contributed by atoms with Crippen LogP contribution in [-0.4, -0.2) is 17.4 Å². The lowest BCUT2D eigenvalue weighted by Crippen LogP contribution is -2.22. The van der Waals surface area contributed by atoms with Gasteiger partial charge in [0, 0.05) is 0 Å². The van der Waals surface area contributed by atoms with Crippen molar-refractivity contribution in [2.75, 3.05) is 11.9 Å². The lowest BCUT2D eigenvalue weighted by Gasteiger charge is -2.05. The van der Waals surface area contributed by atoms with E-state index in [4.69, 9.17) is 5.73 Å². The molecule has 0 fully saturated rings. The molecule has 0 saturated carbocycles. The molecule has 1 amide bonds. The fraction of sp³-hybridized carbons (Fsp3) is 0.250. The molecule has 1 rings (SSSR count). The molecule has 1 aromatic rings. The maximum Gasteiger partial charge on any atom is 0.238 e. The van der Waals surface area contributed by atoms with Gasteiger partial charge in [-0.1, -0.05) is 0 Å². The maximum atomic E-state index is 10.9. The molecule has 3 N–H and O–H groups in total. The van der Waals surface area contributed by atoms with Crippen molar-refractivity contribution < 1.29 is 4.79 Å². The lowest BCUT2D eigenvalue weighted by atomic mass is 10.3. The molecule has 0 spiro atoms. The Balaban J connectivity index is 2.83. The summed E-state index contributed by atoms with van der Waals surface area (Å²) in [5.74, 6) is -0.216. The van der Waals surface area contributed by atoms with Gasteiger partial charge in [0.15, 0.2) is 0 Å². The first-order valence-corrected chi connectivity index (χ1v) is 4.56. The number of carbonyl (C=O) groups is 1. The van der Waals surface area contributed by atoms with Crippen LogP contribution in [0.3, 0.4) is 0 Å². The Hall–Kier alpha value is -0.940. The number of aryl methyl sites for hydroxylation is 1. The highest BCUT2D eigenvalue weighted by Crippen LogP contribution is 2.15. The summed E-state index contributed by atoms with van der Waals surface area (Å²) in [4.78, 5) is 15.1. The number of nitrogens with two attached hydrogens (primary N) is 1. The second-order valence-corrected chi connectivity index (χ2v) is 3.33. The summed E-state index contributed by atoms with van der Waals surface area (Å²) in [5, 5.41) is 2.64. The molecule has 0 aliphatic heterocycles. The van der Waals surface area contributed by atoms with E-state index < -0.39 is 0 Å². The number of hydrogen-bond donors (Lipinski definition) is 2. The number of halogens is 1. The first-order chi connectivity index (χ1) is 6.13. The molecule has 0 aromatic carbocycles. The third-order valence-corrected chi connectivity index (χ3v) is 1.95. The van der Waals surface area contributed by atoms with Crippen LogP contribution in [0.5, 0.6) is 0 Å². The van der Waals surface area contributed by atoms with Crippen LogP contribution in [0.4, 0.5) is 5.69 Å². The van der Waals surface area contributed by atoms with Gasteiger partial charge in [-0.2, -0.15) is 0 Å². The van der Waals surface area contributed by atoms with Gasteiger partial charge in [0.25, 0.3) is 0 Å². The normalized spacial score (nSPS) is 9.77. The van der Waals surface area contributed by atoms with Gasteiger partial charge in [-0.25, -0.2) is 4.98 Å². The van der Waals surface area contributed by atoms with Crippen LogP contribution in [0, 0.1) is 6.92 Å². The third kappa shape index (κ3) is 2.78. The number of amides is 1. The molecule has 5 heteroatoms. The zero-order chi connectivity index (χ0) is 9.84. The molecule has 0 aliphatic rings. The van der Waals surface area contributed by atoms with Gasteiger partial charge < -0.3 is 11.1 Å². The van der Waals surface area contributed by atoms with Crippen molar-refractivity contribution in [3.8, 4) is 0 Å². The van der Waals surface area contributed by atoms with Crippen LogP contribution in [0.25, 0.3) is 0 Å². The Morgan fingerprint density at radius 1 is 1.69 bits per heavy atom. The first-order valence-electron chi connectivity index (χ1n) is 3.76. The molecule has 0 saturated heterocycles. The van der Waals surface area contributed by atoms with E-state index in [-0.39, 0.29) is 12.5 Å². The van der Waals surface area contributed by atoms with E-state index in [0.717, 1.165) is 10.3 Å². The number of anilines is 1. The molecule has 1 heterocycles. The number of nitrogens with zero attached hydrogens (tertiary/aromatic N) is 1. The van der Waals surface area contributed by atoms with Crippen molar-refractivity contribution in [1.82, 2.24) is 4.98 Å². The summed E-state index contributed by atoms with van der Waals surface area (Å²) >= 11 is 3.23. The minimum Gasteiger partial charge on any atom is -0.323 e. The van der Waals surface area contributed by atoms with Crippen molar-refractivity contribution in [2.24, 2.45) is 5.73 Å². The molecule has 0 bridgehead atoms. The Labute approximate surface area is 84.7 Å². The number of hydrogen-bond acceptors (Lipinski definition) is 3. The number of aromatic nitrogens is 1. The summed E-state index contributed by atoms with van der Waals surface area (Å²) in [5.41, 5.74) is 6.61. The monoisotopic (exact) mass is 243 g/mol. The van der Waals surface area contributed by atoms with Crippen LogP contribution in [0.15, 0.2) is 16.7 Å². The zero-order valence-corrected chi connectivity index (χ0v) is 8.76. The molecular weight excluding hydrogens is 234 g/mol. The number of nitrogens with one attached hydrogen (secondary N) is 1. The molecule has 13 heavy (non-hydrogen) atoms. The van der Waals surface area contributed by atoms with E-state index in [1.165, 1.54) is 0 Å². The van der Waals surface area contributed by atoms with Crippen molar-refractivity contribution in [3.05, 3.63) is 22.4 Å². The van der Waals surface area contributed by atoms with E-state index in [1.807, 2.05) is 6.92 Å². The predicted molar refractivity (Wildman–Crippen MR) is 54.4 cm³/mol. The molecule has 0 aliphatic carbocycles.